The van der Waals surface area contributed by atoms with Crippen LogP contribution in [0.5, 0.6) is 0 Å². The largest absolute Gasteiger partial charge is 0.392 e. The lowest BCUT2D eigenvalue weighted by molar-refractivity contribution is 0.224. The van der Waals surface area contributed by atoms with Crippen molar-refractivity contribution in [1.82, 2.24) is 38.4 Å². The summed E-state index contributed by atoms with van der Waals surface area (Å²) in [5, 5.41) is 22.9. The fourth-order valence-electron chi connectivity index (χ4n) is 6.54. The van der Waals surface area contributed by atoms with Gasteiger partial charge in [-0.25, -0.2) is 4.98 Å². The first-order valence-corrected chi connectivity index (χ1v) is 14.6. The normalized spacial score (nSPS) is 16.0. The van der Waals surface area contributed by atoms with Gasteiger partial charge in [0.25, 0.3) is 11.1 Å². The molecule has 0 radical (unpaired) electrons. The summed E-state index contributed by atoms with van der Waals surface area (Å²) in [7, 11) is 1.68. The molecule has 7 rings (SSSR count). The van der Waals surface area contributed by atoms with Gasteiger partial charge in [-0.15, -0.1) is 0 Å². The maximum absolute atomic E-state index is 13.7. The van der Waals surface area contributed by atoms with Crippen molar-refractivity contribution in [3.63, 3.8) is 0 Å². The summed E-state index contributed by atoms with van der Waals surface area (Å²) in [5.41, 5.74) is 5.65. The molecule has 5 aromatic heterocycles. The number of aryl methyl sites for hydroxylation is 1. The number of nitrogens with zero attached hydrogens (tertiary/aromatic N) is 8. The predicted molar refractivity (Wildman–Crippen MR) is 163 cm³/mol. The molecule has 6 heterocycles. The Morgan fingerprint density at radius 2 is 1.93 bits per heavy atom. The molecule has 12 nitrogen and oxygen atoms in total. The molecule has 1 aliphatic carbocycles. The average molecular weight is 582 g/mol. The fourth-order valence-corrected chi connectivity index (χ4v) is 6.54. The number of nitrogens with one attached hydrogen (secondary N) is 1. The smallest absolute Gasteiger partial charge is 0.297 e. The van der Waals surface area contributed by atoms with Crippen molar-refractivity contribution in [2.75, 3.05) is 18.4 Å². The molecule has 1 aliphatic heterocycles. The standard InChI is InChI=1S/C31H35N9O3/c1-5-37-8-9-39-21(16-37)12-27(35-39)34-24-10-20(15-36(4)29(24)42)22-6-7-32-28(23(22)17-41)40-30(43)25-11-19-13-31(2,3)14-26(19)38(25)18-33-40/h6-7,10-12,15,18,41H,5,8-9,13-14,16-17H2,1-4H3,(H,34,35). The van der Waals surface area contributed by atoms with E-state index in [1.54, 1.807) is 37.9 Å². The second-order valence-electron chi connectivity index (χ2n) is 12.4. The predicted octanol–water partition coefficient (Wildman–Crippen LogP) is 2.64. The zero-order valence-electron chi connectivity index (χ0n) is 24.8. The minimum atomic E-state index is -0.378. The number of anilines is 2. The van der Waals surface area contributed by atoms with Gasteiger partial charge in [-0.1, -0.05) is 20.8 Å². The summed E-state index contributed by atoms with van der Waals surface area (Å²) in [4.78, 5) is 33.6. The van der Waals surface area contributed by atoms with E-state index in [1.165, 1.54) is 9.25 Å². The highest BCUT2D eigenvalue weighted by atomic mass is 16.3. The molecule has 0 aromatic carbocycles. The lowest BCUT2D eigenvalue weighted by Crippen LogP contribution is -2.33. The number of hydrogen-bond donors (Lipinski definition) is 2. The highest BCUT2D eigenvalue weighted by Crippen LogP contribution is 2.37. The molecule has 0 spiro atoms. The number of aromatic nitrogens is 7. The van der Waals surface area contributed by atoms with Crippen LogP contribution < -0.4 is 16.4 Å². The Hall–Kier alpha value is -4.55. The minimum Gasteiger partial charge on any atom is -0.392 e. The molecule has 0 fully saturated rings. The molecule has 2 N–H and O–H groups in total. The summed E-state index contributed by atoms with van der Waals surface area (Å²) in [6.45, 7) is 9.72. The summed E-state index contributed by atoms with van der Waals surface area (Å²) in [6, 6.07) is 7.44. The van der Waals surface area contributed by atoms with Gasteiger partial charge in [0.2, 0.25) is 0 Å². The van der Waals surface area contributed by atoms with E-state index in [0.29, 0.717) is 33.7 Å². The van der Waals surface area contributed by atoms with Gasteiger partial charge in [0.1, 0.15) is 17.5 Å². The summed E-state index contributed by atoms with van der Waals surface area (Å²) in [5.74, 6) is 0.853. The third-order valence-electron chi connectivity index (χ3n) is 8.71. The molecule has 0 saturated carbocycles. The van der Waals surface area contributed by atoms with Crippen molar-refractivity contribution in [1.29, 1.82) is 0 Å². The van der Waals surface area contributed by atoms with E-state index in [9.17, 15) is 14.7 Å². The van der Waals surface area contributed by atoms with Crippen LogP contribution in [0.2, 0.25) is 0 Å². The Morgan fingerprint density at radius 3 is 2.72 bits per heavy atom. The van der Waals surface area contributed by atoms with Crippen LogP contribution in [0, 0.1) is 5.41 Å². The molecule has 0 atom stereocenters. The van der Waals surface area contributed by atoms with Gasteiger partial charge in [0, 0.05) is 55.4 Å². The number of hydrogen-bond acceptors (Lipinski definition) is 8. The third kappa shape index (κ3) is 4.57. The third-order valence-corrected chi connectivity index (χ3v) is 8.71. The lowest BCUT2D eigenvalue weighted by atomic mass is 9.90. The monoisotopic (exact) mass is 581 g/mol. The molecule has 0 amide bonds. The molecule has 43 heavy (non-hydrogen) atoms. The van der Waals surface area contributed by atoms with Gasteiger partial charge in [0.15, 0.2) is 11.6 Å². The van der Waals surface area contributed by atoms with Crippen molar-refractivity contribution in [3.05, 3.63) is 86.2 Å². The molecule has 222 valence electrons. The molecule has 0 unspecified atom stereocenters. The summed E-state index contributed by atoms with van der Waals surface area (Å²) >= 11 is 0. The van der Waals surface area contributed by atoms with Gasteiger partial charge in [-0.05, 0) is 54.1 Å². The van der Waals surface area contributed by atoms with Crippen molar-refractivity contribution in [2.45, 2.75) is 53.3 Å². The van der Waals surface area contributed by atoms with E-state index in [1.807, 2.05) is 21.2 Å². The molecule has 0 bridgehead atoms. The number of likely N-dealkylation sites (N-methyl/N-ethyl adjacent to an activating group) is 1. The average Bonchev–Trinajstić information content (AvgIpc) is 3.64. The van der Waals surface area contributed by atoms with Crippen molar-refractivity contribution in [2.24, 2.45) is 12.5 Å². The molecular weight excluding hydrogens is 546 g/mol. The Labute approximate surface area is 247 Å². The van der Waals surface area contributed by atoms with E-state index >= 15 is 0 Å². The van der Waals surface area contributed by atoms with Crippen LogP contribution in [-0.2, 0) is 39.6 Å². The molecular formula is C31H35N9O3. The maximum atomic E-state index is 13.7. The van der Waals surface area contributed by atoms with Gasteiger partial charge in [-0.2, -0.15) is 14.9 Å². The zero-order valence-corrected chi connectivity index (χ0v) is 24.8. The van der Waals surface area contributed by atoms with Crippen LogP contribution in [0.4, 0.5) is 11.5 Å². The number of rotatable bonds is 6. The molecule has 12 heteroatoms. The van der Waals surface area contributed by atoms with Gasteiger partial charge < -0.3 is 15.0 Å². The quantitative estimate of drug-likeness (QED) is 0.313. The highest BCUT2D eigenvalue weighted by Gasteiger charge is 2.32. The second-order valence-corrected chi connectivity index (χ2v) is 12.4. The first kappa shape index (κ1) is 27.3. The Balaban J connectivity index is 1.27. The highest BCUT2D eigenvalue weighted by molar-refractivity contribution is 5.73. The van der Waals surface area contributed by atoms with Gasteiger partial charge >= 0.3 is 0 Å². The maximum Gasteiger partial charge on any atom is 0.297 e. The van der Waals surface area contributed by atoms with E-state index in [-0.39, 0.29) is 29.0 Å². The number of pyridine rings is 2. The fraction of sp³-hybridized carbons (Fsp3) is 0.387. The van der Waals surface area contributed by atoms with E-state index < -0.39 is 0 Å². The Morgan fingerprint density at radius 1 is 1.09 bits per heavy atom. The van der Waals surface area contributed by atoms with Crippen LogP contribution in [0.15, 0.2) is 52.6 Å². The summed E-state index contributed by atoms with van der Waals surface area (Å²) in [6.07, 6.45) is 6.73. The van der Waals surface area contributed by atoms with E-state index in [0.717, 1.165) is 56.0 Å². The number of aliphatic hydroxyl groups excluding tert-OH is 1. The molecule has 0 saturated heterocycles. The van der Waals surface area contributed by atoms with Crippen molar-refractivity contribution < 1.29 is 5.11 Å². The van der Waals surface area contributed by atoms with Crippen LogP contribution in [0.1, 0.15) is 43.3 Å². The van der Waals surface area contributed by atoms with Crippen molar-refractivity contribution >= 4 is 17.0 Å². The van der Waals surface area contributed by atoms with Crippen LogP contribution in [0.25, 0.3) is 22.5 Å². The minimum absolute atomic E-state index is 0.150. The first-order chi connectivity index (χ1) is 20.7. The van der Waals surface area contributed by atoms with E-state index in [4.69, 9.17) is 0 Å². The van der Waals surface area contributed by atoms with Crippen LogP contribution in [0.3, 0.4) is 0 Å². The summed E-state index contributed by atoms with van der Waals surface area (Å²) < 4.78 is 6.60. The molecule has 5 aromatic rings. The first-order valence-electron chi connectivity index (χ1n) is 14.6. The van der Waals surface area contributed by atoms with E-state index in [2.05, 4.69) is 46.2 Å². The zero-order chi connectivity index (χ0) is 30.0. The number of aliphatic hydroxyl groups is 1. The number of fused-ring (bicyclic) bond motifs is 4. The molecule has 2 aliphatic rings. The van der Waals surface area contributed by atoms with Gasteiger partial charge in [0.05, 0.1) is 18.8 Å². The van der Waals surface area contributed by atoms with Crippen molar-refractivity contribution in [3.8, 4) is 16.9 Å². The lowest BCUT2D eigenvalue weighted by Gasteiger charge is -2.25. The van der Waals surface area contributed by atoms with Gasteiger partial charge in [-0.3, -0.25) is 23.6 Å². The second kappa shape index (κ2) is 10.0. The van der Waals surface area contributed by atoms with Crippen LogP contribution in [-0.4, -0.2) is 56.6 Å². The Bertz CT molecular complexity index is 2010. The topological polar surface area (TPSA) is 128 Å². The SMILES string of the molecule is CCN1CCn2nc(Nc3cc(-c4ccnc(-n5ncn6c7c(cc6c5=O)CC(C)(C)C7)c4CO)cn(C)c3=O)cc2C1. The Kier molecular flexibility index (Phi) is 6.36. The van der Waals surface area contributed by atoms with Crippen LogP contribution >= 0.6 is 0 Å².